The van der Waals surface area contributed by atoms with E-state index in [4.69, 9.17) is 19.7 Å². The number of nitrogens with zero attached hydrogens (tertiary/aromatic N) is 3. The molecule has 0 saturated carbocycles. The molecule has 1 aliphatic heterocycles. The third-order valence-electron chi connectivity index (χ3n) is 3.10. The quantitative estimate of drug-likeness (QED) is 0.276. The van der Waals surface area contributed by atoms with Crippen LogP contribution >= 0.6 is 0 Å². The molecular formula is C12H17Cl2N3O3Zn. The molecule has 0 aromatic rings. The molecule has 1 fully saturated rings. The summed E-state index contributed by atoms with van der Waals surface area (Å²) < 4.78 is 16.0. The summed E-state index contributed by atoms with van der Waals surface area (Å²) in [5.74, 6) is 1.35. The molecule has 0 aromatic carbocycles. The number of rotatable bonds is 3. The predicted octanol–water partition coefficient (Wildman–Crippen LogP) is -5.21. The zero-order valence-electron chi connectivity index (χ0n) is 12.1. The molecule has 0 amide bonds. The average molecular weight is 388 g/mol. The fraction of sp³-hybridized carbons (Fsp3) is 0.583. The van der Waals surface area contributed by atoms with Crippen LogP contribution in [0.5, 0.6) is 0 Å². The van der Waals surface area contributed by atoms with Crippen LogP contribution in [-0.2, 0) is 33.7 Å². The van der Waals surface area contributed by atoms with E-state index >= 15 is 0 Å². The molecule has 6 nitrogen and oxygen atoms in total. The van der Waals surface area contributed by atoms with Gasteiger partial charge < -0.3 is 49.5 Å². The zero-order chi connectivity index (χ0) is 13.0. The van der Waals surface area contributed by atoms with Crippen LogP contribution in [0.15, 0.2) is 23.3 Å². The molecule has 0 radical (unpaired) electrons. The van der Waals surface area contributed by atoms with Crippen LogP contribution in [0.4, 0.5) is 0 Å². The SMILES string of the molecule is COC1=CC(N2CCOCC2)=C(OC)CC1=[N+]=[N-].[Cl-].[Cl-].[Zn+2]. The van der Waals surface area contributed by atoms with Crippen molar-refractivity contribution in [2.24, 2.45) is 0 Å². The van der Waals surface area contributed by atoms with E-state index < -0.39 is 0 Å². The van der Waals surface area contributed by atoms with Crippen LogP contribution in [0, 0.1) is 0 Å². The minimum Gasteiger partial charge on any atom is -1.00 e. The van der Waals surface area contributed by atoms with Gasteiger partial charge in [-0.2, -0.15) is 4.79 Å². The van der Waals surface area contributed by atoms with Crippen LogP contribution in [0.3, 0.4) is 0 Å². The summed E-state index contributed by atoms with van der Waals surface area (Å²) >= 11 is 0. The van der Waals surface area contributed by atoms with Gasteiger partial charge in [-0.05, 0) is 0 Å². The Bertz CT molecular complexity index is 445. The van der Waals surface area contributed by atoms with Gasteiger partial charge in [-0.25, -0.2) is 0 Å². The molecular weight excluding hydrogens is 370 g/mol. The number of hydrogen-bond acceptors (Lipinski definition) is 4. The van der Waals surface area contributed by atoms with Gasteiger partial charge in [-0.15, -0.1) is 0 Å². The summed E-state index contributed by atoms with van der Waals surface area (Å²) in [6, 6.07) is 0. The second kappa shape index (κ2) is 11.1. The first-order valence-corrected chi connectivity index (χ1v) is 5.87. The van der Waals surface area contributed by atoms with Crippen LogP contribution in [0.25, 0.3) is 5.53 Å². The van der Waals surface area contributed by atoms with Gasteiger partial charge in [0.1, 0.15) is 12.2 Å². The summed E-state index contributed by atoms with van der Waals surface area (Å²) in [6.07, 6.45) is 2.28. The first-order valence-electron chi connectivity index (χ1n) is 5.87. The van der Waals surface area contributed by atoms with Gasteiger partial charge in [-0.1, -0.05) is 0 Å². The Morgan fingerprint density at radius 1 is 1.19 bits per heavy atom. The molecule has 0 unspecified atom stereocenters. The molecule has 0 atom stereocenters. The molecule has 0 N–H and O–H groups in total. The third-order valence-corrected chi connectivity index (χ3v) is 3.10. The summed E-state index contributed by atoms with van der Waals surface area (Å²) in [7, 11) is 3.18. The second-order valence-corrected chi connectivity index (χ2v) is 4.05. The maximum absolute atomic E-state index is 8.96. The molecule has 114 valence electrons. The van der Waals surface area contributed by atoms with Crippen molar-refractivity contribution in [3.05, 3.63) is 28.8 Å². The van der Waals surface area contributed by atoms with Crippen molar-refractivity contribution in [1.29, 1.82) is 0 Å². The van der Waals surface area contributed by atoms with E-state index in [1.807, 2.05) is 6.08 Å². The van der Waals surface area contributed by atoms with Gasteiger partial charge in [0.2, 0.25) is 5.76 Å². The maximum Gasteiger partial charge on any atom is 2.00 e. The standard InChI is InChI=1S/C12H17N3O3.2ClH.Zn/c1-16-11-8-10(15-3-5-18-6-4-15)12(17-2)7-9(11)14-13;;;/h8H,3-7H2,1-2H3;2*1H;/q;;;+2/p-2. The molecule has 0 spiro atoms. The van der Waals surface area contributed by atoms with Crippen molar-refractivity contribution in [2.45, 2.75) is 6.42 Å². The van der Waals surface area contributed by atoms with Gasteiger partial charge in [-0.3, -0.25) is 0 Å². The van der Waals surface area contributed by atoms with Crippen molar-refractivity contribution in [1.82, 2.24) is 4.90 Å². The molecule has 21 heavy (non-hydrogen) atoms. The van der Waals surface area contributed by atoms with E-state index in [2.05, 4.69) is 9.69 Å². The Hall–Kier alpha value is -0.577. The topological polar surface area (TPSA) is 67.3 Å². The van der Waals surface area contributed by atoms with Gasteiger partial charge >= 0.3 is 25.2 Å². The summed E-state index contributed by atoms with van der Waals surface area (Å²) in [5, 5.41) is 0. The van der Waals surface area contributed by atoms with E-state index in [0.717, 1.165) is 24.5 Å². The number of methoxy groups -OCH3 is 2. The Kier molecular flexibility index (Phi) is 11.9. The second-order valence-electron chi connectivity index (χ2n) is 4.05. The van der Waals surface area contributed by atoms with Crippen LogP contribution in [-0.4, -0.2) is 55.9 Å². The van der Waals surface area contributed by atoms with Crippen LogP contribution in [0.1, 0.15) is 6.42 Å². The zero-order valence-corrected chi connectivity index (χ0v) is 16.6. The number of ether oxygens (including phenoxy) is 3. The summed E-state index contributed by atoms with van der Waals surface area (Å²) in [5.41, 5.74) is 10.4. The largest absolute Gasteiger partial charge is 2.00 e. The molecule has 1 aliphatic carbocycles. The van der Waals surface area contributed by atoms with E-state index in [9.17, 15) is 0 Å². The third kappa shape index (κ3) is 5.28. The van der Waals surface area contributed by atoms with Gasteiger partial charge in [0.05, 0.1) is 33.1 Å². The number of halogens is 2. The maximum atomic E-state index is 8.96. The predicted molar refractivity (Wildman–Crippen MR) is 64.8 cm³/mol. The Labute approximate surface area is 149 Å². The van der Waals surface area contributed by atoms with Crippen molar-refractivity contribution in [3.8, 4) is 0 Å². The van der Waals surface area contributed by atoms with Crippen molar-refractivity contribution >= 4 is 5.71 Å². The minimum absolute atomic E-state index is 0. The fourth-order valence-corrected chi connectivity index (χ4v) is 2.13. The Morgan fingerprint density at radius 3 is 2.29 bits per heavy atom. The molecule has 9 heteroatoms. The summed E-state index contributed by atoms with van der Waals surface area (Å²) in [4.78, 5) is 5.43. The normalized spacial score (nSPS) is 17.5. The summed E-state index contributed by atoms with van der Waals surface area (Å²) in [6.45, 7) is 3.05. The molecule has 1 saturated heterocycles. The molecule has 2 aliphatic rings. The Balaban J connectivity index is 0. The van der Waals surface area contributed by atoms with E-state index in [-0.39, 0.29) is 44.3 Å². The first kappa shape index (κ1) is 22.7. The minimum atomic E-state index is 0. The van der Waals surface area contributed by atoms with Crippen molar-refractivity contribution < 1.29 is 63.3 Å². The number of hydrogen-bond donors (Lipinski definition) is 0. The number of morpholine rings is 1. The van der Waals surface area contributed by atoms with Crippen molar-refractivity contribution in [3.63, 3.8) is 0 Å². The Morgan fingerprint density at radius 2 is 1.81 bits per heavy atom. The van der Waals surface area contributed by atoms with Crippen molar-refractivity contribution in [2.75, 3.05) is 40.5 Å². The van der Waals surface area contributed by atoms with E-state index in [0.29, 0.717) is 31.1 Å². The smallest absolute Gasteiger partial charge is 1.00 e. The molecule has 0 aromatic heterocycles. The molecule has 0 bridgehead atoms. The molecule has 1 heterocycles. The molecule has 2 rings (SSSR count). The average Bonchev–Trinajstić information content (AvgIpc) is 2.46. The van der Waals surface area contributed by atoms with E-state index in [1.54, 1.807) is 14.2 Å². The first-order chi connectivity index (χ1) is 8.80. The number of allylic oxidation sites excluding steroid dienone is 3. The van der Waals surface area contributed by atoms with Gasteiger partial charge in [0.25, 0.3) is 0 Å². The monoisotopic (exact) mass is 385 g/mol. The van der Waals surface area contributed by atoms with E-state index in [1.165, 1.54) is 0 Å². The van der Waals surface area contributed by atoms with Gasteiger partial charge in [0, 0.05) is 19.2 Å². The fourth-order valence-electron chi connectivity index (χ4n) is 2.13. The van der Waals surface area contributed by atoms with Crippen LogP contribution in [0.2, 0.25) is 0 Å². The van der Waals surface area contributed by atoms with Crippen LogP contribution < -0.4 is 24.8 Å². The van der Waals surface area contributed by atoms with Gasteiger partial charge in [0.15, 0.2) is 0 Å².